The second-order valence-corrected chi connectivity index (χ2v) is 4.70. The quantitative estimate of drug-likeness (QED) is 0.768. The molecule has 1 aliphatic rings. The first kappa shape index (κ1) is 11.4. The average Bonchev–Trinajstić information content (AvgIpc) is 2.84. The Balaban J connectivity index is 1.75. The maximum absolute atomic E-state index is 3.97. The van der Waals surface area contributed by atoms with Crippen LogP contribution < -0.4 is 10.6 Å². The molecule has 0 radical (unpaired) electrons. The van der Waals surface area contributed by atoms with Crippen molar-refractivity contribution < 1.29 is 0 Å². The van der Waals surface area contributed by atoms with E-state index < -0.39 is 0 Å². The Bertz CT molecular complexity index is 492. The van der Waals surface area contributed by atoms with Crippen LogP contribution in [-0.2, 0) is 13.1 Å². The third kappa shape index (κ3) is 2.44. The van der Waals surface area contributed by atoms with E-state index in [1.54, 1.807) is 0 Å². The first-order valence-electron chi connectivity index (χ1n) is 6.43. The second kappa shape index (κ2) is 5.33. The molecule has 0 aliphatic carbocycles. The first-order valence-corrected chi connectivity index (χ1v) is 6.43. The number of aromatic amines is 1. The van der Waals surface area contributed by atoms with Crippen molar-refractivity contribution in [3.05, 3.63) is 53.3 Å². The van der Waals surface area contributed by atoms with Crippen LogP contribution in [0.4, 0.5) is 0 Å². The van der Waals surface area contributed by atoms with Crippen LogP contribution >= 0.6 is 0 Å². The second-order valence-electron chi connectivity index (χ2n) is 4.70. The van der Waals surface area contributed by atoms with E-state index in [0.29, 0.717) is 6.04 Å². The number of benzene rings is 1. The molecule has 1 atom stereocenters. The highest BCUT2D eigenvalue weighted by molar-refractivity contribution is 5.31. The van der Waals surface area contributed by atoms with E-state index >= 15 is 0 Å². The van der Waals surface area contributed by atoms with Gasteiger partial charge in [-0.25, -0.2) is 0 Å². The number of nitrogens with one attached hydrogen (secondary N) is 3. The zero-order chi connectivity index (χ0) is 12.2. The monoisotopic (exact) mass is 242 g/mol. The minimum Gasteiger partial charge on any atom is -0.313 e. The summed E-state index contributed by atoms with van der Waals surface area (Å²) in [6.45, 7) is 2.88. The van der Waals surface area contributed by atoms with Gasteiger partial charge < -0.3 is 10.6 Å². The molecule has 18 heavy (non-hydrogen) atoms. The summed E-state index contributed by atoms with van der Waals surface area (Å²) in [5.74, 6) is 0. The van der Waals surface area contributed by atoms with E-state index in [2.05, 4.69) is 45.1 Å². The van der Waals surface area contributed by atoms with E-state index in [-0.39, 0.29) is 0 Å². The van der Waals surface area contributed by atoms with Crippen molar-refractivity contribution >= 4 is 0 Å². The summed E-state index contributed by atoms with van der Waals surface area (Å²) in [7, 11) is 0. The first-order chi connectivity index (χ1) is 8.93. The number of hydrogen-bond donors (Lipinski definition) is 3. The Labute approximate surface area is 107 Å². The van der Waals surface area contributed by atoms with E-state index in [1.165, 1.54) is 16.7 Å². The summed E-state index contributed by atoms with van der Waals surface area (Å²) >= 11 is 0. The number of rotatable bonds is 3. The van der Waals surface area contributed by atoms with Crippen LogP contribution in [0.25, 0.3) is 0 Å². The van der Waals surface area contributed by atoms with Crippen molar-refractivity contribution in [2.45, 2.75) is 25.6 Å². The lowest BCUT2D eigenvalue weighted by Gasteiger charge is -2.18. The van der Waals surface area contributed by atoms with Gasteiger partial charge in [0.25, 0.3) is 0 Å². The van der Waals surface area contributed by atoms with Crippen LogP contribution in [0.1, 0.15) is 29.2 Å². The van der Waals surface area contributed by atoms with Crippen LogP contribution in [0.2, 0.25) is 0 Å². The molecule has 3 N–H and O–H groups in total. The van der Waals surface area contributed by atoms with Gasteiger partial charge in [0, 0.05) is 30.9 Å². The zero-order valence-electron chi connectivity index (χ0n) is 10.3. The van der Waals surface area contributed by atoms with E-state index in [1.807, 2.05) is 12.4 Å². The van der Waals surface area contributed by atoms with Gasteiger partial charge >= 0.3 is 0 Å². The van der Waals surface area contributed by atoms with Crippen molar-refractivity contribution in [2.75, 3.05) is 6.54 Å². The number of fused-ring (bicyclic) bond motifs is 1. The molecule has 2 aromatic rings. The molecule has 94 valence electrons. The lowest BCUT2D eigenvalue weighted by molar-refractivity contribution is 0.496. The lowest BCUT2D eigenvalue weighted by Crippen LogP contribution is -2.22. The summed E-state index contributed by atoms with van der Waals surface area (Å²) in [5, 5.41) is 13.9. The van der Waals surface area contributed by atoms with Crippen LogP contribution in [0.5, 0.6) is 0 Å². The number of aromatic nitrogens is 2. The molecule has 0 spiro atoms. The Morgan fingerprint density at radius 2 is 2.28 bits per heavy atom. The molecule has 0 fully saturated rings. The molecular weight excluding hydrogens is 224 g/mol. The highest BCUT2D eigenvalue weighted by Crippen LogP contribution is 2.23. The number of nitrogens with zero attached hydrogens (tertiary/aromatic N) is 1. The molecule has 0 saturated heterocycles. The summed E-state index contributed by atoms with van der Waals surface area (Å²) < 4.78 is 0. The predicted molar refractivity (Wildman–Crippen MR) is 70.9 cm³/mol. The van der Waals surface area contributed by atoms with Crippen molar-refractivity contribution in [1.82, 2.24) is 20.8 Å². The highest BCUT2D eigenvalue weighted by Gasteiger charge is 2.17. The van der Waals surface area contributed by atoms with Crippen molar-refractivity contribution in [3.63, 3.8) is 0 Å². The Hall–Kier alpha value is -1.65. The molecular formula is C14H18N4. The van der Waals surface area contributed by atoms with E-state index in [0.717, 1.165) is 26.1 Å². The molecule has 3 rings (SSSR count). The van der Waals surface area contributed by atoms with E-state index in [9.17, 15) is 0 Å². The summed E-state index contributed by atoms with van der Waals surface area (Å²) in [6, 6.07) is 9.09. The van der Waals surface area contributed by atoms with Crippen LogP contribution in [0, 0.1) is 0 Å². The maximum Gasteiger partial charge on any atom is 0.0532 e. The Morgan fingerprint density at radius 3 is 3.17 bits per heavy atom. The van der Waals surface area contributed by atoms with Gasteiger partial charge in [-0.05, 0) is 24.1 Å². The molecule has 1 aliphatic heterocycles. The van der Waals surface area contributed by atoms with Gasteiger partial charge in [-0.3, -0.25) is 5.10 Å². The van der Waals surface area contributed by atoms with Crippen LogP contribution in [0.3, 0.4) is 0 Å². The van der Waals surface area contributed by atoms with Gasteiger partial charge in [0.15, 0.2) is 0 Å². The van der Waals surface area contributed by atoms with Crippen molar-refractivity contribution in [2.24, 2.45) is 0 Å². The van der Waals surface area contributed by atoms with Gasteiger partial charge in [0.2, 0.25) is 0 Å². The van der Waals surface area contributed by atoms with Gasteiger partial charge in [0.05, 0.1) is 6.20 Å². The van der Waals surface area contributed by atoms with Gasteiger partial charge in [0.1, 0.15) is 0 Å². The maximum atomic E-state index is 3.97. The molecule has 2 heterocycles. The molecule has 1 unspecified atom stereocenters. The summed E-state index contributed by atoms with van der Waals surface area (Å²) in [6.07, 6.45) is 4.93. The van der Waals surface area contributed by atoms with Crippen LogP contribution in [0.15, 0.2) is 36.7 Å². The Morgan fingerprint density at radius 1 is 1.33 bits per heavy atom. The average molecular weight is 242 g/mol. The smallest absolute Gasteiger partial charge is 0.0532 e. The largest absolute Gasteiger partial charge is 0.313 e. The molecule has 4 nitrogen and oxygen atoms in total. The molecule has 1 aromatic carbocycles. The molecule has 4 heteroatoms. The van der Waals surface area contributed by atoms with Crippen LogP contribution in [-0.4, -0.2) is 16.7 Å². The summed E-state index contributed by atoms with van der Waals surface area (Å²) in [5.41, 5.74) is 4.02. The Kier molecular flexibility index (Phi) is 3.39. The number of hydrogen-bond acceptors (Lipinski definition) is 3. The normalized spacial score (nSPS) is 19.2. The summed E-state index contributed by atoms with van der Waals surface area (Å²) in [4.78, 5) is 0. The molecule has 0 saturated carbocycles. The number of H-pyrrole nitrogens is 1. The fraction of sp³-hybridized carbons (Fsp3) is 0.357. The minimum absolute atomic E-state index is 0.422. The topological polar surface area (TPSA) is 52.7 Å². The van der Waals surface area contributed by atoms with Gasteiger partial charge in [-0.2, -0.15) is 5.10 Å². The highest BCUT2D eigenvalue weighted by atomic mass is 15.1. The SMILES string of the molecule is c1ccc2c(c1)CNCCC2NCc1cn[nH]c1. The third-order valence-corrected chi connectivity index (χ3v) is 3.46. The van der Waals surface area contributed by atoms with E-state index in [4.69, 9.17) is 0 Å². The molecule has 0 amide bonds. The zero-order valence-corrected chi connectivity index (χ0v) is 10.3. The predicted octanol–water partition coefficient (Wildman–Crippen LogP) is 1.73. The third-order valence-electron chi connectivity index (χ3n) is 3.46. The van der Waals surface area contributed by atoms with Gasteiger partial charge in [-0.15, -0.1) is 0 Å². The minimum atomic E-state index is 0.422. The molecule has 0 bridgehead atoms. The molecule has 1 aromatic heterocycles. The van der Waals surface area contributed by atoms with Crippen molar-refractivity contribution in [3.8, 4) is 0 Å². The van der Waals surface area contributed by atoms with Gasteiger partial charge in [-0.1, -0.05) is 24.3 Å². The fourth-order valence-electron chi connectivity index (χ4n) is 2.49. The van der Waals surface area contributed by atoms with Crippen molar-refractivity contribution in [1.29, 1.82) is 0 Å². The lowest BCUT2D eigenvalue weighted by atomic mass is 9.99. The standard InChI is InChI=1S/C14H18N4/c1-2-4-13-12(3-1)10-15-6-5-14(13)16-7-11-8-17-18-9-11/h1-4,8-9,14-16H,5-7,10H2,(H,17,18). The fourth-order valence-corrected chi connectivity index (χ4v) is 2.49.